The molecule has 1 aromatic carbocycles. The van der Waals surface area contributed by atoms with Crippen molar-refractivity contribution >= 4 is 22.8 Å². The van der Waals surface area contributed by atoms with Crippen LogP contribution in [0.3, 0.4) is 0 Å². The summed E-state index contributed by atoms with van der Waals surface area (Å²) in [5, 5.41) is 6.32. The molecule has 0 saturated carbocycles. The number of aromatic nitrogens is 4. The second-order valence-electron chi connectivity index (χ2n) is 7.32. The smallest absolute Gasteiger partial charge is 0.297 e. The van der Waals surface area contributed by atoms with Crippen molar-refractivity contribution in [2.24, 2.45) is 12.1 Å². The van der Waals surface area contributed by atoms with Gasteiger partial charge in [0, 0.05) is 7.05 Å². The first-order valence-electron chi connectivity index (χ1n) is 9.59. The molecule has 8 heteroatoms. The molecular formula is C21H24N6O2. The van der Waals surface area contributed by atoms with E-state index < -0.39 is 0 Å². The fraction of sp³-hybridized carbons (Fsp3) is 0.333. The highest BCUT2D eigenvalue weighted by Gasteiger charge is 2.26. The second kappa shape index (κ2) is 7.20. The van der Waals surface area contributed by atoms with Crippen molar-refractivity contribution in [2.75, 3.05) is 11.6 Å². The van der Waals surface area contributed by atoms with E-state index in [2.05, 4.69) is 10.1 Å². The van der Waals surface area contributed by atoms with E-state index in [9.17, 15) is 9.59 Å². The molecule has 0 amide bonds. The van der Waals surface area contributed by atoms with Gasteiger partial charge in [-0.3, -0.25) is 18.5 Å². The predicted octanol–water partition coefficient (Wildman–Crippen LogP) is 2.03. The molecule has 0 saturated heterocycles. The number of allylic oxidation sites excluding steroid dienone is 1. The lowest BCUT2D eigenvalue weighted by molar-refractivity contribution is 0.651. The first-order valence-corrected chi connectivity index (χ1v) is 9.59. The molecular weight excluding hydrogens is 368 g/mol. The molecule has 0 spiro atoms. The Morgan fingerprint density at radius 2 is 1.93 bits per heavy atom. The van der Waals surface area contributed by atoms with E-state index in [0.717, 1.165) is 16.8 Å². The molecule has 0 unspecified atom stereocenters. The number of benzene rings is 1. The summed E-state index contributed by atoms with van der Waals surface area (Å²) in [4.78, 5) is 31.0. The highest BCUT2D eigenvalue weighted by molar-refractivity contribution is 5.87. The number of nitrogens with zero attached hydrogens (tertiary/aromatic N) is 6. The van der Waals surface area contributed by atoms with E-state index in [1.807, 2.05) is 61.8 Å². The third-order valence-corrected chi connectivity index (χ3v) is 5.23. The molecule has 0 atom stereocenters. The number of anilines is 1. The van der Waals surface area contributed by atoms with Crippen LogP contribution in [0.2, 0.25) is 0 Å². The zero-order valence-corrected chi connectivity index (χ0v) is 17.1. The van der Waals surface area contributed by atoms with Crippen LogP contribution in [0.4, 0.5) is 5.95 Å². The van der Waals surface area contributed by atoms with Crippen LogP contribution in [-0.4, -0.2) is 30.9 Å². The molecule has 0 fully saturated rings. The Morgan fingerprint density at radius 1 is 1.17 bits per heavy atom. The third kappa shape index (κ3) is 3.10. The van der Waals surface area contributed by atoms with Gasteiger partial charge < -0.3 is 0 Å². The monoisotopic (exact) mass is 392 g/mol. The standard InChI is InChI=1S/C21H24N6O2/c1-5-6-11-27-20-22-18-17(25(20)12-15(3)23-27)19(28)26(21(29)24(18)4)13-16-10-8-7-9-14(16)2/h5-10H,11-13H2,1-4H3. The Morgan fingerprint density at radius 3 is 2.66 bits per heavy atom. The number of aryl methyl sites for hydroxylation is 2. The Hall–Kier alpha value is -3.42. The van der Waals surface area contributed by atoms with Crippen LogP contribution in [0.5, 0.6) is 0 Å². The van der Waals surface area contributed by atoms with E-state index in [1.165, 1.54) is 9.13 Å². The molecule has 1 aliphatic heterocycles. The van der Waals surface area contributed by atoms with E-state index in [1.54, 1.807) is 12.1 Å². The average molecular weight is 392 g/mol. The lowest BCUT2D eigenvalue weighted by atomic mass is 10.1. The maximum Gasteiger partial charge on any atom is 0.332 e. The Labute approximate surface area is 168 Å². The van der Waals surface area contributed by atoms with Gasteiger partial charge in [0.25, 0.3) is 5.56 Å². The average Bonchev–Trinajstić information content (AvgIpc) is 3.08. The predicted molar refractivity (Wildman–Crippen MR) is 115 cm³/mol. The zero-order valence-electron chi connectivity index (χ0n) is 17.1. The first-order chi connectivity index (χ1) is 13.9. The summed E-state index contributed by atoms with van der Waals surface area (Å²) in [6, 6.07) is 7.77. The minimum atomic E-state index is -0.376. The van der Waals surface area contributed by atoms with Crippen LogP contribution in [0, 0.1) is 6.92 Å². The van der Waals surface area contributed by atoms with Gasteiger partial charge in [0.15, 0.2) is 11.2 Å². The van der Waals surface area contributed by atoms with Crippen LogP contribution < -0.4 is 16.3 Å². The van der Waals surface area contributed by atoms with Crippen LogP contribution >= 0.6 is 0 Å². The summed E-state index contributed by atoms with van der Waals surface area (Å²) in [5.41, 5.74) is 2.96. The molecule has 4 rings (SSSR count). The molecule has 1 aliphatic rings. The highest BCUT2D eigenvalue weighted by Crippen LogP contribution is 2.23. The van der Waals surface area contributed by atoms with Gasteiger partial charge in [-0.05, 0) is 31.9 Å². The van der Waals surface area contributed by atoms with Crippen molar-refractivity contribution < 1.29 is 0 Å². The van der Waals surface area contributed by atoms with Gasteiger partial charge in [0.05, 0.1) is 25.3 Å². The number of imidazole rings is 1. The van der Waals surface area contributed by atoms with Crippen LogP contribution in [-0.2, 0) is 20.1 Å². The van der Waals surface area contributed by atoms with Gasteiger partial charge >= 0.3 is 5.69 Å². The van der Waals surface area contributed by atoms with Gasteiger partial charge in [-0.2, -0.15) is 10.1 Å². The van der Waals surface area contributed by atoms with Crippen molar-refractivity contribution in [3.05, 3.63) is 68.4 Å². The molecule has 3 heterocycles. The molecule has 0 radical (unpaired) electrons. The highest BCUT2D eigenvalue weighted by atomic mass is 16.2. The number of hydrogen-bond acceptors (Lipinski definition) is 5. The molecule has 150 valence electrons. The van der Waals surface area contributed by atoms with Gasteiger partial charge in [-0.25, -0.2) is 9.80 Å². The summed E-state index contributed by atoms with van der Waals surface area (Å²) < 4.78 is 4.60. The molecule has 0 aliphatic carbocycles. The van der Waals surface area contributed by atoms with Gasteiger partial charge in [-0.15, -0.1) is 0 Å². The Bertz CT molecular complexity index is 1270. The van der Waals surface area contributed by atoms with Crippen molar-refractivity contribution in [3.8, 4) is 0 Å². The van der Waals surface area contributed by atoms with Crippen LogP contribution in [0.15, 0.2) is 51.1 Å². The topological polar surface area (TPSA) is 77.4 Å². The number of fused-ring (bicyclic) bond motifs is 3. The van der Waals surface area contributed by atoms with Crippen molar-refractivity contribution in [3.63, 3.8) is 0 Å². The van der Waals surface area contributed by atoms with Crippen molar-refractivity contribution in [1.82, 2.24) is 18.7 Å². The molecule has 0 N–H and O–H groups in total. The SMILES string of the molecule is CC=CCN1N=C(C)Cn2c1nc1c2c(=O)n(Cc2ccccc2C)c(=O)n1C. The summed E-state index contributed by atoms with van der Waals surface area (Å²) >= 11 is 0. The molecule has 3 aromatic rings. The van der Waals surface area contributed by atoms with E-state index in [0.29, 0.717) is 30.2 Å². The van der Waals surface area contributed by atoms with Gasteiger partial charge in [0.1, 0.15) is 0 Å². The van der Waals surface area contributed by atoms with Gasteiger partial charge in [-0.1, -0.05) is 36.4 Å². The summed E-state index contributed by atoms with van der Waals surface area (Å²) in [7, 11) is 1.65. The number of rotatable bonds is 4. The van der Waals surface area contributed by atoms with Crippen molar-refractivity contribution in [1.29, 1.82) is 0 Å². The number of hydrogen-bond donors (Lipinski definition) is 0. The third-order valence-electron chi connectivity index (χ3n) is 5.23. The lowest BCUT2D eigenvalue weighted by Crippen LogP contribution is -2.40. The van der Waals surface area contributed by atoms with E-state index in [-0.39, 0.29) is 17.8 Å². The minimum Gasteiger partial charge on any atom is -0.297 e. The lowest BCUT2D eigenvalue weighted by Gasteiger charge is -2.23. The number of hydrazone groups is 1. The Kier molecular flexibility index (Phi) is 4.70. The second-order valence-corrected chi connectivity index (χ2v) is 7.32. The Balaban J connectivity index is 1.94. The van der Waals surface area contributed by atoms with E-state index >= 15 is 0 Å². The maximum atomic E-state index is 13.4. The largest absolute Gasteiger partial charge is 0.332 e. The molecule has 2 aromatic heterocycles. The summed E-state index contributed by atoms with van der Waals surface area (Å²) in [5.74, 6) is 0.574. The fourth-order valence-corrected chi connectivity index (χ4v) is 3.64. The van der Waals surface area contributed by atoms with E-state index in [4.69, 9.17) is 0 Å². The molecule has 8 nitrogen and oxygen atoms in total. The first kappa shape index (κ1) is 18.9. The quantitative estimate of drug-likeness (QED) is 0.637. The van der Waals surface area contributed by atoms with Crippen molar-refractivity contribution in [2.45, 2.75) is 33.9 Å². The maximum absolute atomic E-state index is 13.4. The molecule has 0 bridgehead atoms. The van der Waals surface area contributed by atoms with Crippen LogP contribution in [0.25, 0.3) is 11.2 Å². The minimum absolute atomic E-state index is 0.226. The zero-order chi connectivity index (χ0) is 20.7. The summed E-state index contributed by atoms with van der Waals surface area (Å²) in [6.07, 6.45) is 3.92. The summed E-state index contributed by atoms with van der Waals surface area (Å²) in [6.45, 7) is 7.08. The molecule has 29 heavy (non-hydrogen) atoms. The van der Waals surface area contributed by atoms with Crippen LogP contribution in [0.1, 0.15) is 25.0 Å². The normalized spacial score (nSPS) is 13.9. The van der Waals surface area contributed by atoms with Gasteiger partial charge in [0.2, 0.25) is 5.95 Å². The fourth-order valence-electron chi connectivity index (χ4n) is 3.64.